The number of carbonyl (C=O) groups is 2. The van der Waals surface area contributed by atoms with Gasteiger partial charge in [0.05, 0.1) is 5.69 Å². The summed E-state index contributed by atoms with van der Waals surface area (Å²) in [5, 5.41) is 2.77. The van der Waals surface area contributed by atoms with Gasteiger partial charge in [-0.1, -0.05) is 38.5 Å². The number of rotatable bonds is 3. The molecule has 1 fully saturated rings. The van der Waals surface area contributed by atoms with E-state index in [1.165, 1.54) is 4.90 Å². The Morgan fingerprint density at radius 1 is 1.33 bits per heavy atom. The van der Waals surface area contributed by atoms with E-state index in [0.717, 1.165) is 12.0 Å². The normalized spacial score (nSPS) is 21.1. The molecule has 1 aromatic carbocycles. The molecule has 4 nitrogen and oxygen atoms in total. The van der Waals surface area contributed by atoms with Gasteiger partial charge in [0.2, 0.25) is 0 Å². The number of nitrogens with zero attached hydrogens (tertiary/aromatic N) is 1. The van der Waals surface area contributed by atoms with E-state index in [4.69, 9.17) is 0 Å². The van der Waals surface area contributed by atoms with Crippen molar-refractivity contribution in [2.24, 2.45) is 5.92 Å². The average molecular weight is 246 g/mol. The molecule has 1 aromatic rings. The van der Waals surface area contributed by atoms with Crippen LogP contribution in [0.1, 0.15) is 25.8 Å². The number of nitrogens with one attached hydrogen (secondary N) is 1. The summed E-state index contributed by atoms with van der Waals surface area (Å²) in [6, 6.07) is 6.70. The van der Waals surface area contributed by atoms with Crippen molar-refractivity contribution >= 4 is 17.6 Å². The van der Waals surface area contributed by atoms with Gasteiger partial charge in [-0.05, 0) is 24.5 Å². The van der Waals surface area contributed by atoms with Crippen LogP contribution >= 0.6 is 0 Å². The van der Waals surface area contributed by atoms with Crippen LogP contribution in [0.3, 0.4) is 0 Å². The number of para-hydroxylation sites is 1. The van der Waals surface area contributed by atoms with E-state index >= 15 is 0 Å². The summed E-state index contributed by atoms with van der Waals surface area (Å²) in [5.74, 6) is -0.000816. The van der Waals surface area contributed by atoms with E-state index < -0.39 is 6.04 Å². The summed E-state index contributed by atoms with van der Waals surface area (Å²) in [6.45, 7) is 5.89. The van der Waals surface area contributed by atoms with E-state index in [1.807, 2.05) is 39.0 Å². The number of urea groups is 1. The quantitative estimate of drug-likeness (QED) is 0.833. The van der Waals surface area contributed by atoms with Gasteiger partial charge in [-0.3, -0.25) is 4.79 Å². The summed E-state index contributed by atoms with van der Waals surface area (Å²) in [7, 11) is 0. The van der Waals surface area contributed by atoms with Crippen molar-refractivity contribution in [1.82, 2.24) is 5.32 Å². The minimum Gasteiger partial charge on any atom is -0.325 e. The van der Waals surface area contributed by atoms with Crippen molar-refractivity contribution in [2.45, 2.75) is 33.2 Å². The first-order chi connectivity index (χ1) is 8.56. The predicted molar refractivity (Wildman–Crippen MR) is 70.4 cm³/mol. The summed E-state index contributed by atoms with van der Waals surface area (Å²) in [5.41, 5.74) is 1.59. The Bertz CT molecular complexity index is 484. The number of aryl methyl sites for hydroxylation is 1. The van der Waals surface area contributed by atoms with Crippen molar-refractivity contribution in [1.29, 1.82) is 0 Å². The first-order valence-corrected chi connectivity index (χ1v) is 6.26. The Hall–Kier alpha value is -1.84. The average Bonchev–Trinajstić information content (AvgIpc) is 2.65. The van der Waals surface area contributed by atoms with Gasteiger partial charge in [0.1, 0.15) is 6.04 Å². The SMILES string of the molecule is CCC(C)C1NC(=O)N(c2ccccc2C)C1=O. The largest absolute Gasteiger partial charge is 0.329 e. The van der Waals surface area contributed by atoms with E-state index in [-0.39, 0.29) is 17.9 Å². The number of imide groups is 1. The lowest BCUT2D eigenvalue weighted by molar-refractivity contribution is -0.119. The first kappa shape index (κ1) is 12.6. The van der Waals surface area contributed by atoms with Gasteiger partial charge >= 0.3 is 6.03 Å². The Kier molecular flexibility index (Phi) is 3.36. The summed E-state index contributed by atoms with van der Waals surface area (Å²) in [6.07, 6.45) is 0.859. The monoisotopic (exact) mass is 246 g/mol. The van der Waals surface area contributed by atoms with Crippen LogP contribution in [-0.4, -0.2) is 18.0 Å². The summed E-state index contributed by atoms with van der Waals surface area (Å²) >= 11 is 0. The number of benzene rings is 1. The van der Waals surface area contributed by atoms with Gasteiger partial charge in [0.25, 0.3) is 5.91 Å². The highest BCUT2D eigenvalue weighted by molar-refractivity contribution is 6.21. The Balaban J connectivity index is 2.33. The molecule has 3 amide bonds. The fraction of sp³-hybridized carbons (Fsp3) is 0.429. The maximum atomic E-state index is 12.3. The van der Waals surface area contributed by atoms with Crippen LogP contribution < -0.4 is 10.2 Å². The highest BCUT2D eigenvalue weighted by Crippen LogP contribution is 2.25. The highest BCUT2D eigenvalue weighted by Gasteiger charge is 2.41. The minimum absolute atomic E-state index is 0.149. The smallest absolute Gasteiger partial charge is 0.325 e. The topological polar surface area (TPSA) is 49.4 Å². The van der Waals surface area contributed by atoms with Crippen molar-refractivity contribution in [3.05, 3.63) is 29.8 Å². The third-order valence-corrected chi connectivity index (χ3v) is 3.54. The predicted octanol–water partition coefficient (Wildman–Crippen LogP) is 2.47. The first-order valence-electron chi connectivity index (χ1n) is 6.26. The third-order valence-electron chi connectivity index (χ3n) is 3.54. The van der Waals surface area contributed by atoms with Crippen LogP contribution in [0, 0.1) is 12.8 Å². The molecule has 18 heavy (non-hydrogen) atoms. The number of hydrogen-bond acceptors (Lipinski definition) is 2. The second kappa shape index (κ2) is 4.80. The molecule has 2 rings (SSSR count). The molecule has 1 saturated heterocycles. The van der Waals surface area contributed by atoms with Gasteiger partial charge in [-0.15, -0.1) is 0 Å². The standard InChI is InChI=1S/C14H18N2O2/c1-4-9(2)12-13(17)16(14(18)15-12)11-8-6-5-7-10(11)3/h5-9,12H,4H2,1-3H3,(H,15,18). The zero-order chi connectivity index (χ0) is 13.3. The van der Waals surface area contributed by atoms with Gasteiger partial charge in [0.15, 0.2) is 0 Å². The molecular formula is C14H18N2O2. The van der Waals surface area contributed by atoms with Gasteiger partial charge in [0, 0.05) is 0 Å². The summed E-state index contributed by atoms with van der Waals surface area (Å²) in [4.78, 5) is 25.5. The van der Waals surface area contributed by atoms with Crippen LogP contribution in [0.2, 0.25) is 0 Å². The van der Waals surface area contributed by atoms with E-state index in [2.05, 4.69) is 5.32 Å². The molecule has 0 aromatic heterocycles. The lowest BCUT2D eigenvalue weighted by Gasteiger charge is -2.17. The van der Waals surface area contributed by atoms with Crippen LogP contribution in [0.15, 0.2) is 24.3 Å². The molecule has 1 aliphatic heterocycles. The Morgan fingerprint density at radius 2 is 2.00 bits per heavy atom. The number of carbonyl (C=O) groups excluding carboxylic acids is 2. The maximum Gasteiger partial charge on any atom is 0.329 e. The van der Waals surface area contributed by atoms with Crippen LogP contribution in [0.4, 0.5) is 10.5 Å². The number of amides is 3. The van der Waals surface area contributed by atoms with Crippen molar-refractivity contribution in [3.63, 3.8) is 0 Å². The zero-order valence-corrected chi connectivity index (χ0v) is 10.9. The number of anilines is 1. The lowest BCUT2D eigenvalue weighted by atomic mass is 9.99. The summed E-state index contributed by atoms with van der Waals surface area (Å²) < 4.78 is 0. The molecule has 1 heterocycles. The molecule has 0 radical (unpaired) electrons. The highest BCUT2D eigenvalue weighted by atomic mass is 16.2. The molecule has 0 spiro atoms. The molecule has 4 heteroatoms. The second-order valence-corrected chi connectivity index (χ2v) is 4.77. The van der Waals surface area contributed by atoms with Crippen molar-refractivity contribution in [3.8, 4) is 0 Å². The Morgan fingerprint density at radius 3 is 2.61 bits per heavy atom. The maximum absolute atomic E-state index is 12.3. The fourth-order valence-electron chi connectivity index (χ4n) is 2.16. The Labute approximate surface area is 107 Å². The molecule has 1 N–H and O–H groups in total. The van der Waals surface area contributed by atoms with Crippen LogP contribution in [-0.2, 0) is 4.79 Å². The van der Waals surface area contributed by atoms with Crippen LogP contribution in [0.25, 0.3) is 0 Å². The van der Waals surface area contributed by atoms with Gasteiger partial charge in [-0.2, -0.15) is 0 Å². The molecule has 0 saturated carbocycles. The second-order valence-electron chi connectivity index (χ2n) is 4.77. The molecule has 96 valence electrons. The van der Waals surface area contributed by atoms with E-state index in [9.17, 15) is 9.59 Å². The third kappa shape index (κ3) is 1.98. The molecule has 1 aliphatic rings. The van der Waals surface area contributed by atoms with E-state index in [1.54, 1.807) is 6.07 Å². The zero-order valence-electron chi connectivity index (χ0n) is 10.9. The van der Waals surface area contributed by atoms with Crippen LogP contribution in [0.5, 0.6) is 0 Å². The van der Waals surface area contributed by atoms with E-state index in [0.29, 0.717) is 5.69 Å². The molecule has 2 unspecified atom stereocenters. The molecule has 0 aliphatic carbocycles. The van der Waals surface area contributed by atoms with Crippen molar-refractivity contribution < 1.29 is 9.59 Å². The molecular weight excluding hydrogens is 228 g/mol. The molecule has 2 atom stereocenters. The van der Waals surface area contributed by atoms with Crippen molar-refractivity contribution in [2.75, 3.05) is 4.90 Å². The van der Waals surface area contributed by atoms with Gasteiger partial charge in [-0.25, -0.2) is 9.69 Å². The number of hydrogen-bond donors (Lipinski definition) is 1. The van der Waals surface area contributed by atoms with Gasteiger partial charge < -0.3 is 5.32 Å². The fourth-order valence-corrected chi connectivity index (χ4v) is 2.16. The molecule has 0 bridgehead atoms. The lowest BCUT2D eigenvalue weighted by Crippen LogP contribution is -2.35. The minimum atomic E-state index is -0.401.